The molecular formula is C32H42ClN5O5. The van der Waals surface area contributed by atoms with Crippen LogP contribution in [0.3, 0.4) is 0 Å². The van der Waals surface area contributed by atoms with Gasteiger partial charge in [-0.05, 0) is 62.3 Å². The Morgan fingerprint density at radius 3 is 2.49 bits per heavy atom. The lowest BCUT2D eigenvalue weighted by molar-refractivity contribution is -0.167. The molecule has 2 aromatic rings. The van der Waals surface area contributed by atoms with Crippen LogP contribution in [0, 0.1) is 17.8 Å². The van der Waals surface area contributed by atoms with Crippen LogP contribution in [-0.2, 0) is 35.9 Å². The van der Waals surface area contributed by atoms with Gasteiger partial charge in [-0.3, -0.25) is 19.2 Å². The maximum atomic E-state index is 14.6. The molecule has 1 saturated carbocycles. The van der Waals surface area contributed by atoms with Crippen molar-refractivity contribution in [3.8, 4) is 0 Å². The number of rotatable bonds is 9. The van der Waals surface area contributed by atoms with Crippen LogP contribution in [0.5, 0.6) is 0 Å². The fourth-order valence-corrected chi connectivity index (χ4v) is 7.84. The van der Waals surface area contributed by atoms with E-state index in [-0.39, 0.29) is 36.0 Å². The lowest BCUT2D eigenvalue weighted by atomic mass is 9.65. The number of methoxy groups -OCH3 is 1. The van der Waals surface area contributed by atoms with Gasteiger partial charge in [0.25, 0.3) is 0 Å². The maximum Gasteiger partial charge on any atom is 0.228 e. The SMILES string of the molecule is CC[C@]12c3[nH]c4ccc(Cl)cc4c3CCN1C(=O)[C@@H](CC(=O)NCCCOC)C[C@@H]2C(=O)N1CCN(C(=O)C2CC2)CC1. The molecule has 2 N–H and O–H groups in total. The molecule has 11 heteroatoms. The standard InChI is InChI=1S/C32H42ClN5O5/c1-3-32-25(31(42)37-14-12-36(13-15-37)29(40)20-5-6-20)17-21(18-27(39)34-10-4-16-43-2)30(41)38(32)11-9-23-24-19-22(33)7-8-26(24)35-28(23)32/h7-8,19-21,25,35H,3-6,9-18H2,1-2H3,(H,34,39)/t21-,25-,32+/m1/s1. The minimum absolute atomic E-state index is 0.00656. The van der Waals surface area contributed by atoms with Gasteiger partial charge in [0, 0.05) is 92.9 Å². The topological polar surface area (TPSA) is 115 Å². The number of benzene rings is 1. The van der Waals surface area contributed by atoms with Gasteiger partial charge in [0.15, 0.2) is 0 Å². The number of halogens is 1. The summed E-state index contributed by atoms with van der Waals surface area (Å²) in [6.07, 6.45) is 4.15. The van der Waals surface area contributed by atoms with Crippen LogP contribution in [0.15, 0.2) is 18.2 Å². The second kappa shape index (κ2) is 12.1. The van der Waals surface area contributed by atoms with Crippen LogP contribution in [0.1, 0.15) is 56.7 Å². The van der Waals surface area contributed by atoms with E-state index in [1.54, 1.807) is 7.11 Å². The number of aromatic amines is 1. The fraction of sp³-hybridized carbons (Fsp3) is 0.625. The van der Waals surface area contributed by atoms with Crippen LogP contribution in [-0.4, -0.2) is 96.3 Å². The largest absolute Gasteiger partial charge is 0.385 e. The molecule has 6 rings (SSSR count). The summed E-state index contributed by atoms with van der Waals surface area (Å²) in [5, 5.41) is 4.59. The summed E-state index contributed by atoms with van der Waals surface area (Å²) in [6.45, 7) is 5.54. The highest BCUT2D eigenvalue weighted by atomic mass is 35.5. The zero-order valence-corrected chi connectivity index (χ0v) is 25.9. The monoisotopic (exact) mass is 611 g/mol. The van der Waals surface area contributed by atoms with Crippen molar-refractivity contribution in [1.29, 1.82) is 0 Å². The normalized spacial score (nSPS) is 25.5. The Morgan fingerprint density at radius 2 is 1.81 bits per heavy atom. The van der Waals surface area contributed by atoms with Gasteiger partial charge >= 0.3 is 0 Å². The first-order valence-corrected chi connectivity index (χ1v) is 16.1. The first kappa shape index (κ1) is 29.9. The molecule has 1 aromatic carbocycles. The third kappa shape index (κ3) is 5.41. The van der Waals surface area contributed by atoms with E-state index in [9.17, 15) is 19.2 Å². The number of hydrogen-bond donors (Lipinski definition) is 2. The van der Waals surface area contributed by atoms with E-state index >= 15 is 0 Å². The first-order chi connectivity index (χ1) is 20.8. The number of carbonyl (C=O) groups is 4. The average Bonchev–Trinajstić information content (AvgIpc) is 3.80. The number of ether oxygens (including phenoxy) is 1. The number of piperidine rings is 1. The molecule has 0 bridgehead atoms. The third-order valence-electron chi connectivity index (χ3n) is 10.0. The van der Waals surface area contributed by atoms with Crippen molar-refractivity contribution in [1.82, 2.24) is 25.0 Å². The fourth-order valence-electron chi connectivity index (χ4n) is 7.66. The van der Waals surface area contributed by atoms with E-state index in [0.717, 1.165) is 35.0 Å². The lowest BCUT2D eigenvalue weighted by Gasteiger charge is -2.56. The summed E-state index contributed by atoms with van der Waals surface area (Å²) in [7, 11) is 1.62. The molecule has 3 aliphatic heterocycles. The number of fused-ring (bicyclic) bond motifs is 5. The summed E-state index contributed by atoms with van der Waals surface area (Å²) in [6, 6.07) is 5.76. The third-order valence-corrected chi connectivity index (χ3v) is 10.3. The number of nitrogens with one attached hydrogen (secondary N) is 2. The molecule has 3 atom stereocenters. The molecular weight excluding hydrogens is 570 g/mol. The van der Waals surface area contributed by atoms with Crippen LogP contribution in [0.2, 0.25) is 5.02 Å². The number of aromatic nitrogens is 1. The van der Waals surface area contributed by atoms with Gasteiger partial charge in [-0.15, -0.1) is 0 Å². The highest BCUT2D eigenvalue weighted by molar-refractivity contribution is 6.31. The summed E-state index contributed by atoms with van der Waals surface area (Å²) >= 11 is 6.39. The van der Waals surface area contributed by atoms with Crippen molar-refractivity contribution in [2.75, 3.05) is 53.0 Å². The second-order valence-corrected chi connectivity index (χ2v) is 12.9. The van der Waals surface area contributed by atoms with E-state index in [1.807, 2.05) is 39.8 Å². The molecule has 4 aliphatic rings. The molecule has 2 saturated heterocycles. The van der Waals surface area contributed by atoms with Gasteiger partial charge < -0.3 is 29.7 Å². The minimum Gasteiger partial charge on any atom is -0.385 e. The Morgan fingerprint density at radius 1 is 1.09 bits per heavy atom. The van der Waals surface area contributed by atoms with Gasteiger partial charge in [-0.2, -0.15) is 0 Å². The summed E-state index contributed by atoms with van der Waals surface area (Å²) in [4.78, 5) is 63.7. The number of amides is 4. The molecule has 1 aliphatic carbocycles. The molecule has 1 aromatic heterocycles. The average molecular weight is 612 g/mol. The Labute approximate surface area is 257 Å². The predicted octanol–water partition coefficient (Wildman–Crippen LogP) is 3.07. The molecule has 0 unspecified atom stereocenters. The number of nitrogens with zero attached hydrogens (tertiary/aromatic N) is 3. The van der Waals surface area contributed by atoms with Gasteiger partial charge in [-0.1, -0.05) is 18.5 Å². The lowest BCUT2D eigenvalue weighted by Crippen LogP contribution is -2.66. The summed E-state index contributed by atoms with van der Waals surface area (Å²) in [5.41, 5.74) is 2.10. The van der Waals surface area contributed by atoms with Gasteiger partial charge in [0.2, 0.25) is 23.6 Å². The number of H-pyrrole nitrogens is 1. The highest BCUT2D eigenvalue weighted by Crippen LogP contribution is 2.52. The molecule has 43 heavy (non-hydrogen) atoms. The number of hydrogen-bond acceptors (Lipinski definition) is 5. The van der Waals surface area contributed by atoms with E-state index < -0.39 is 17.4 Å². The zero-order valence-electron chi connectivity index (χ0n) is 25.1. The second-order valence-electron chi connectivity index (χ2n) is 12.5. The quantitative estimate of drug-likeness (QED) is 0.423. The summed E-state index contributed by atoms with van der Waals surface area (Å²) in [5.74, 6) is -1.02. The Bertz CT molecular complexity index is 1410. The van der Waals surface area contributed by atoms with Crippen molar-refractivity contribution in [3.63, 3.8) is 0 Å². The van der Waals surface area contributed by atoms with Crippen molar-refractivity contribution < 1.29 is 23.9 Å². The highest BCUT2D eigenvalue weighted by Gasteiger charge is 2.59. The van der Waals surface area contributed by atoms with Crippen molar-refractivity contribution in [2.45, 2.75) is 57.4 Å². The van der Waals surface area contributed by atoms with E-state index in [0.29, 0.717) is 76.6 Å². The van der Waals surface area contributed by atoms with E-state index in [4.69, 9.17) is 16.3 Å². The molecule has 4 heterocycles. The van der Waals surface area contributed by atoms with Crippen LogP contribution >= 0.6 is 11.6 Å². The smallest absolute Gasteiger partial charge is 0.228 e. The number of piperazine rings is 1. The predicted molar refractivity (Wildman–Crippen MR) is 162 cm³/mol. The van der Waals surface area contributed by atoms with Gasteiger partial charge in [0.05, 0.1) is 11.5 Å². The molecule has 10 nitrogen and oxygen atoms in total. The van der Waals surface area contributed by atoms with Gasteiger partial charge in [-0.25, -0.2) is 0 Å². The summed E-state index contributed by atoms with van der Waals surface area (Å²) < 4.78 is 5.08. The Hall–Kier alpha value is -3.11. The van der Waals surface area contributed by atoms with Crippen LogP contribution in [0.25, 0.3) is 10.9 Å². The molecule has 0 spiro atoms. The Kier molecular flexibility index (Phi) is 8.43. The number of carbonyl (C=O) groups excluding carboxylic acids is 4. The van der Waals surface area contributed by atoms with Gasteiger partial charge in [0.1, 0.15) is 0 Å². The minimum atomic E-state index is -0.861. The zero-order chi connectivity index (χ0) is 30.3. The van der Waals surface area contributed by atoms with E-state index in [1.165, 1.54) is 0 Å². The van der Waals surface area contributed by atoms with Crippen molar-refractivity contribution in [3.05, 3.63) is 34.5 Å². The van der Waals surface area contributed by atoms with E-state index in [2.05, 4.69) is 10.3 Å². The molecule has 4 amide bonds. The molecule has 232 valence electrons. The molecule has 0 radical (unpaired) electrons. The van der Waals surface area contributed by atoms with Crippen molar-refractivity contribution in [2.24, 2.45) is 17.8 Å². The van der Waals surface area contributed by atoms with Crippen LogP contribution in [0.4, 0.5) is 0 Å². The van der Waals surface area contributed by atoms with Crippen LogP contribution < -0.4 is 5.32 Å². The Balaban J connectivity index is 1.32. The maximum absolute atomic E-state index is 14.6. The first-order valence-electron chi connectivity index (χ1n) is 15.7. The van der Waals surface area contributed by atoms with Crippen molar-refractivity contribution >= 4 is 46.1 Å². The molecule has 3 fully saturated rings.